The number of nitrogens with one attached hydrogen (secondary N) is 1. The van der Waals surface area contributed by atoms with Crippen LogP contribution in [0.3, 0.4) is 0 Å². The molecule has 3 nitrogen and oxygen atoms in total. The Bertz CT molecular complexity index is 448. The predicted molar refractivity (Wildman–Crippen MR) is 75.4 cm³/mol. The van der Waals surface area contributed by atoms with Gasteiger partial charge in [-0.3, -0.25) is 0 Å². The van der Waals surface area contributed by atoms with E-state index in [9.17, 15) is 8.42 Å². The lowest BCUT2D eigenvalue weighted by Gasteiger charge is -2.37. The summed E-state index contributed by atoms with van der Waals surface area (Å²) >= 11 is 0. The molecule has 1 aliphatic heterocycles. The first-order valence-electron chi connectivity index (χ1n) is 6.92. The minimum atomic E-state index is -2.88. The van der Waals surface area contributed by atoms with Crippen molar-refractivity contribution in [3.63, 3.8) is 0 Å². The van der Waals surface area contributed by atoms with Crippen LogP contribution in [0.4, 0.5) is 0 Å². The molecule has 0 aromatic rings. The lowest BCUT2D eigenvalue weighted by atomic mass is 9.74. The predicted octanol–water partition coefficient (Wildman–Crippen LogP) is 2.29. The van der Waals surface area contributed by atoms with E-state index in [1.807, 2.05) is 0 Å². The molecule has 18 heavy (non-hydrogen) atoms. The first-order chi connectivity index (χ1) is 8.31. The van der Waals surface area contributed by atoms with Crippen LogP contribution < -0.4 is 5.32 Å². The molecule has 0 spiro atoms. The summed E-state index contributed by atoms with van der Waals surface area (Å²) in [6.07, 6.45) is 6.22. The Balaban J connectivity index is 2.26. The molecule has 104 valence electrons. The van der Waals surface area contributed by atoms with Crippen LogP contribution in [0, 0.1) is 5.41 Å². The third-order valence-electron chi connectivity index (χ3n) is 4.45. The first-order valence-corrected chi connectivity index (χ1v) is 8.87. The van der Waals surface area contributed by atoms with E-state index in [1.54, 1.807) is 0 Å². The lowest BCUT2D eigenvalue weighted by molar-refractivity contribution is 0.347. The average molecular weight is 271 g/mol. The van der Waals surface area contributed by atoms with Crippen molar-refractivity contribution < 1.29 is 8.42 Å². The molecule has 1 saturated heterocycles. The van der Waals surface area contributed by atoms with Gasteiger partial charge in [0.25, 0.3) is 0 Å². The summed E-state index contributed by atoms with van der Waals surface area (Å²) in [5, 5.41) is 3.29. The third-order valence-corrected chi connectivity index (χ3v) is 6.06. The molecule has 0 aromatic heterocycles. The van der Waals surface area contributed by atoms with E-state index < -0.39 is 9.84 Å². The average Bonchev–Trinajstić information content (AvgIpc) is 2.27. The first kappa shape index (κ1) is 14.1. The van der Waals surface area contributed by atoms with E-state index in [4.69, 9.17) is 0 Å². The van der Waals surface area contributed by atoms with Crippen LogP contribution in [0.25, 0.3) is 0 Å². The van der Waals surface area contributed by atoms with Gasteiger partial charge in [0, 0.05) is 12.8 Å². The van der Waals surface area contributed by atoms with E-state index in [0.29, 0.717) is 0 Å². The molecule has 2 aliphatic rings. The monoisotopic (exact) mass is 271 g/mol. The van der Waals surface area contributed by atoms with Crippen molar-refractivity contribution in [1.29, 1.82) is 0 Å². The highest BCUT2D eigenvalue weighted by Crippen LogP contribution is 2.39. The zero-order valence-corrected chi connectivity index (χ0v) is 12.6. The zero-order chi connectivity index (χ0) is 13.4. The second-order valence-electron chi connectivity index (χ2n) is 6.44. The molecule has 1 unspecified atom stereocenters. The highest BCUT2D eigenvalue weighted by atomic mass is 32.2. The summed E-state index contributed by atoms with van der Waals surface area (Å²) < 4.78 is 23.5. The second kappa shape index (κ2) is 4.97. The van der Waals surface area contributed by atoms with Gasteiger partial charge in [0.15, 0.2) is 9.84 Å². The Morgan fingerprint density at radius 2 is 2.00 bits per heavy atom. The third kappa shape index (κ3) is 2.97. The second-order valence-corrected chi connectivity index (χ2v) is 8.77. The van der Waals surface area contributed by atoms with Gasteiger partial charge in [-0.15, -0.1) is 0 Å². The fourth-order valence-electron chi connectivity index (χ4n) is 3.38. The number of piperidine rings is 1. The number of hydrogen-bond acceptors (Lipinski definition) is 3. The topological polar surface area (TPSA) is 46.2 Å². The van der Waals surface area contributed by atoms with Crippen molar-refractivity contribution in [2.45, 2.75) is 51.2 Å². The summed E-state index contributed by atoms with van der Waals surface area (Å²) in [5.74, 6) is 0. The lowest BCUT2D eigenvalue weighted by Crippen LogP contribution is -2.39. The Kier molecular flexibility index (Phi) is 3.88. The van der Waals surface area contributed by atoms with E-state index in [1.165, 1.54) is 17.4 Å². The highest BCUT2D eigenvalue weighted by Gasteiger charge is 2.33. The van der Waals surface area contributed by atoms with E-state index in [-0.39, 0.29) is 10.7 Å². The number of rotatable bonds is 1. The SMILES string of the molecule is CC1(C)CNCCC1=C1CCCC(S(C)(=O)=O)C1. The van der Waals surface area contributed by atoms with Crippen molar-refractivity contribution in [2.24, 2.45) is 5.41 Å². The molecule has 2 rings (SSSR count). The van der Waals surface area contributed by atoms with Gasteiger partial charge in [0.2, 0.25) is 0 Å². The molecule has 0 amide bonds. The molecule has 0 bridgehead atoms. The summed E-state index contributed by atoms with van der Waals surface area (Å²) in [6.45, 7) is 6.58. The van der Waals surface area contributed by atoms with Gasteiger partial charge in [0.1, 0.15) is 0 Å². The van der Waals surface area contributed by atoms with Crippen LogP contribution >= 0.6 is 0 Å². The Morgan fingerprint density at radius 3 is 2.61 bits per heavy atom. The van der Waals surface area contributed by atoms with Gasteiger partial charge in [0.05, 0.1) is 5.25 Å². The molecule has 2 fully saturated rings. The number of allylic oxidation sites excluding steroid dienone is 1. The molecular formula is C14H25NO2S. The van der Waals surface area contributed by atoms with Gasteiger partial charge in [-0.05, 0) is 44.1 Å². The summed E-state index contributed by atoms with van der Waals surface area (Å²) in [5.41, 5.74) is 3.14. The van der Waals surface area contributed by atoms with E-state index in [2.05, 4.69) is 19.2 Å². The molecule has 4 heteroatoms. The summed E-state index contributed by atoms with van der Waals surface area (Å²) in [4.78, 5) is 0. The number of sulfone groups is 1. The normalized spacial score (nSPS) is 33.4. The standard InChI is InChI=1S/C14H25NO2S/c1-14(2)10-15-8-7-13(14)11-5-4-6-12(9-11)18(3,16)17/h12,15H,4-10H2,1-3H3. The maximum absolute atomic E-state index is 11.7. The van der Waals surface area contributed by atoms with Crippen molar-refractivity contribution >= 4 is 9.84 Å². The maximum atomic E-state index is 11.7. The van der Waals surface area contributed by atoms with Crippen LogP contribution in [-0.4, -0.2) is 33.0 Å². The summed E-state index contributed by atoms with van der Waals surface area (Å²) in [6, 6.07) is 0. The van der Waals surface area contributed by atoms with E-state index >= 15 is 0 Å². The van der Waals surface area contributed by atoms with Crippen LogP contribution in [-0.2, 0) is 9.84 Å². The maximum Gasteiger partial charge on any atom is 0.150 e. The van der Waals surface area contributed by atoms with Crippen LogP contribution in [0.2, 0.25) is 0 Å². The van der Waals surface area contributed by atoms with Gasteiger partial charge >= 0.3 is 0 Å². The minimum absolute atomic E-state index is 0.139. The zero-order valence-electron chi connectivity index (χ0n) is 11.8. The quantitative estimate of drug-likeness (QED) is 0.744. The minimum Gasteiger partial charge on any atom is -0.316 e. The van der Waals surface area contributed by atoms with Crippen molar-refractivity contribution in [3.8, 4) is 0 Å². The molecule has 1 atom stereocenters. The molecule has 0 radical (unpaired) electrons. The van der Waals surface area contributed by atoms with Gasteiger partial charge in [-0.1, -0.05) is 25.0 Å². The van der Waals surface area contributed by atoms with Gasteiger partial charge in [-0.25, -0.2) is 8.42 Å². The smallest absolute Gasteiger partial charge is 0.150 e. The molecule has 1 saturated carbocycles. The highest BCUT2D eigenvalue weighted by molar-refractivity contribution is 7.91. The Morgan fingerprint density at radius 1 is 1.28 bits per heavy atom. The van der Waals surface area contributed by atoms with Gasteiger partial charge in [-0.2, -0.15) is 0 Å². The molecular weight excluding hydrogens is 246 g/mol. The Labute approximate surface area is 111 Å². The molecule has 1 aliphatic carbocycles. The molecule has 1 heterocycles. The fraction of sp³-hybridized carbons (Fsp3) is 0.857. The fourth-order valence-corrected chi connectivity index (χ4v) is 4.48. The van der Waals surface area contributed by atoms with Crippen molar-refractivity contribution in [3.05, 3.63) is 11.1 Å². The number of hydrogen-bond donors (Lipinski definition) is 1. The van der Waals surface area contributed by atoms with E-state index in [0.717, 1.165) is 45.2 Å². The van der Waals surface area contributed by atoms with Crippen LogP contribution in [0.15, 0.2) is 11.1 Å². The van der Waals surface area contributed by atoms with Crippen LogP contribution in [0.5, 0.6) is 0 Å². The molecule has 1 N–H and O–H groups in total. The largest absolute Gasteiger partial charge is 0.316 e. The summed E-state index contributed by atoms with van der Waals surface area (Å²) in [7, 11) is -2.88. The van der Waals surface area contributed by atoms with Gasteiger partial charge < -0.3 is 5.32 Å². The van der Waals surface area contributed by atoms with Crippen molar-refractivity contribution in [2.75, 3.05) is 19.3 Å². The Hall–Kier alpha value is -0.350. The van der Waals surface area contributed by atoms with Crippen molar-refractivity contribution in [1.82, 2.24) is 5.32 Å². The molecule has 0 aromatic carbocycles. The van der Waals surface area contributed by atoms with Crippen LogP contribution in [0.1, 0.15) is 46.0 Å².